The Kier molecular flexibility index (Phi) is 5.36. The summed E-state index contributed by atoms with van der Waals surface area (Å²) in [6.07, 6.45) is 1.96. The van der Waals surface area contributed by atoms with Crippen molar-refractivity contribution in [3.05, 3.63) is 45.7 Å². The van der Waals surface area contributed by atoms with Crippen LogP contribution in [0.1, 0.15) is 25.0 Å². The number of thioether (sulfide) groups is 1. The fourth-order valence-electron chi connectivity index (χ4n) is 1.93. The Hall–Kier alpha value is -2.10. The van der Waals surface area contributed by atoms with Gasteiger partial charge >= 0.3 is 0 Å². The number of ether oxygens (including phenoxy) is 1. The van der Waals surface area contributed by atoms with Crippen LogP contribution in [0.2, 0.25) is 0 Å². The molecule has 0 unspecified atom stereocenters. The van der Waals surface area contributed by atoms with E-state index in [1.807, 2.05) is 50.4 Å². The first-order valence-electron chi connectivity index (χ1n) is 6.84. The van der Waals surface area contributed by atoms with Gasteiger partial charge in [0.1, 0.15) is 11.6 Å². The van der Waals surface area contributed by atoms with Crippen LogP contribution in [-0.2, 0) is 11.3 Å². The lowest BCUT2D eigenvalue weighted by atomic mass is 10.1. The van der Waals surface area contributed by atoms with Crippen molar-refractivity contribution >= 4 is 11.8 Å². The quantitative estimate of drug-likeness (QED) is 0.678. The predicted molar refractivity (Wildman–Crippen MR) is 86.7 cm³/mol. The molecule has 2 rings (SSSR count). The van der Waals surface area contributed by atoms with Crippen LogP contribution in [-0.4, -0.2) is 22.3 Å². The van der Waals surface area contributed by atoms with E-state index in [-0.39, 0.29) is 11.7 Å². The summed E-state index contributed by atoms with van der Waals surface area (Å²) in [7, 11) is 0. The van der Waals surface area contributed by atoms with E-state index in [0.29, 0.717) is 17.5 Å². The maximum Gasteiger partial charge on any atom is 0.270 e. The van der Waals surface area contributed by atoms with Crippen LogP contribution in [0.5, 0.6) is 0 Å². The van der Waals surface area contributed by atoms with Gasteiger partial charge in [0.05, 0.1) is 18.4 Å². The monoisotopic (exact) mass is 315 g/mol. The molecule has 0 radical (unpaired) electrons. The smallest absolute Gasteiger partial charge is 0.270 e. The average molecular weight is 315 g/mol. The highest BCUT2D eigenvalue weighted by Gasteiger charge is 2.13. The van der Waals surface area contributed by atoms with E-state index in [1.54, 1.807) is 0 Å². The number of hydrogen-bond donors (Lipinski definition) is 1. The second-order valence-corrected chi connectivity index (χ2v) is 5.77. The second kappa shape index (κ2) is 7.25. The molecule has 2 aromatic rings. The van der Waals surface area contributed by atoms with Gasteiger partial charge in [-0.25, -0.2) is 4.98 Å². The van der Waals surface area contributed by atoms with Crippen molar-refractivity contribution in [3.63, 3.8) is 0 Å². The maximum atomic E-state index is 12.0. The Morgan fingerprint density at radius 2 is 2.23 bits per heavy atom. The van der Waals surface area contributed by atoms with E-state index >= 15 is 0 Å². The Labute approximate surface area is 133 Å². The molecule has 1 aromatic heterocycles. The largest absolute Gasteiger partial charge is 0.374 e. The highest BCUT2D eigenvalue weighted by molar-refractivity contribution is 7.98. The van der Waals surface area contributed by atoms with Crippen LogP contribution in [0.25, 0.3) is 11.3 Å². The van der Waals surface area contributed by atoms with Crippen molar-refractivity contribution in [2.24, 2.45) is 0 Å². The van der Waals surface area contributed by atoms with Gasteiger partial charge in [-0.1, -0.05) is 30.0 Å². The summed E-state index contributed by atoms with van der Waals surface area (Å²) < 4.78 is 5.59. The van der Waals surface area contributed by atoms with Gasteiger partial charge in [0.2, 0.25) is 0 Å². The minimum atomic E-state index is -0.416. The molecule has 0 spiro atoms. The van der Waals surface area contributed by atoms with Gasteiger partial charge in [0.25, 0.3) is 5.56 Å². The van der Waals surface area contributed by atoms with Crippen molar-refractivity contribution < 1.29 is 4.74 Å². The average Bonchev–Trinajstić information content (AvgIpc) is 2.52. The van der Waals surface area contributed by atoms with Gasteiger partial charge in [-0.2, -0.15) is 5.26 Å². The van der Waals surface area contributed by atoms with Gasteiger partial charge in [0.15, 0.2) is 5.16 Å². The lowest BCUT2D eigenvalue weighted by Gasteiger charge is -2.10. The SMILES string of the molecule is CSc1nc(-c2cccc(COC(C)C)c2)c(C#N)c(=O)[nH]1. The Balaban J connectivity index is 2.48. The summed E-state index contributed by atoms with van der Waals surface area (Å²) in [5.74, 6) is 0. The fraction of sp³-hybridized carbons (Fsp3) is 0.312. The zero-order valence-corrected chi connectivity index (χ0v) is 13.5. The van der Waals surface area contributed by atoms with Gasteiger partial charge in [0, 0.05) is 5.56 Å². The summed E-state index contributed by atoms with van der Waals surface area (Å²) in [5, 5.41) is 9.72. The molecular weight excluding hydrogens is 298 g/mol. The lowest BCUT2D eigenvalue weighted by Crippen LogP contribution is -2.14. The third-order valence-electron chi connectivity index (χ3n) is 2.99. The summed E-state index contributed by atoms with van der Waals surface area (Å²) in [5.41, 5.74) is 1.73. The molecule has 22 heavy (non-hydrogen) atoms. The number of aromatic nitrogens is 2. The summed E-state index contributed by atoms with van der Waals surface area (Å²) in [6.45, 7) is 4.42. The number of nitriles is 1. The first-order chi connectivity index (χ1) is 10.5. The molecule has 0 saturated heterocycles. The van der Waals surface area contributed by atoms with Crippen LogP contribution in [0.3, 0.4) is 0 Å². The molecule has 0 saturated carbocycles. The molecule has 1 N–H and O–H groups in total. The number of nitrogens with one attached hydrogen (secondary N) is 1. The molecule has 114 valence electrons. The highest BCUT2D eigenvalue weighted by Crippen LogP contribution is 2.22. The minimum absolute atomic E-state index is 0.0275. The summed E-state index contributed by atoms with van der Waals surface area (Å²) >= 11 is 1.33. The highest BCUT2D eigenvalue weighted by atomic mass is 32.2. The Morgan fingerprint density at radius 3 is 2.86 bits per heavy atom. The van der Waals surface area contributed by atoms with E-state index in [2.05, 4.69) is 9.97 Å². The molecule has 0 atom stereocenters. The number of benzene rings is 1. The third-order valence-corrected chi connectivity index (χ3v) is 3.57. The van der Waals surface area contributed by atoms with Crippen molar-refractivity contribution in [3.8, 4) is 17.3 Å². The zero-order chi connectivity index (χ0) is 16.1. The Morgan fingerprint density at radius 1 is 1.45 bits per heavy atom. The van der Waals surface area contributed by atoms with Gasteiger partial charge in [-0.05, 0) is 31.7 Å². The number of aromatic amines is 1. The van der Waals surface area contributed by atoms with Gasteiger partial charge in [-0.15, -0.1) is 0 Å². The number of H-pyrrole nitrogens is 1. The van der Waals surface area contributed by atoms with Crippen LogP contribution in [0.15, 0.2) is 34.2 Å². The van der Waals surface area contributed by atoms with Crippen LogP contribution >= 0.6 is 11.8 Å². The summed E-state index contributed by atoms with van der Waals surface area (Å²) in [4.78, 5) is 18.9. The first-order valence-corrected chi connectivity index (χ1v) is 8.07. The maximum absolute atomic E-state index is 12.0. The van der Waals surface area contributed by atoms with Gasteiger partial charge < -0.3 is 9.72 Å². The molecule has 5 nitrogen and oxygen atoms in total. The fourth-order valence-corrected chi connectivity index (χ4v) is 2.31. The minimum Gasteiger partial charge on any atom is -0.374 e. The van der Waals surface area contributed by atoms with Crippen molar-refractivity contribution in [1.29, 1.82) is 5.26 Å². The molecule has 6 heteroatoms. The standard InChI is InChI=1S/C16H17N3O2S/c1-10(2)21-9-11-5-4-6-12(7-11)14-13(8-17)15(20)19-16(18-14)22-3/h4-7,10H,9H2,1-3H3,(H,18,19,20). The predicted octanol–water partition coefficient (Wildman–Crippen LogP) is 2.96. The molecular formula is C16H17N3O2S. The van der Waals surface area contributed by atoms with Crippen molar-refractivity contribution in [2.45, 2.75) is 31.7 Å². The topological polar surface area (TPSA) is 78.8 Å². The molecule has 0 bridgehead atoms. The molecule has 0 aliphatic carbocycles. The van der Waals surface area contributed by atoms with E-state index in [4.69, 9.17) is 4.74 Å². The normalized spacial score (nSPS) is 10.7. The zero-order valence-electron chi connectivity index (χ0n) is 12.7. The molecule has 0 amide bonds. The molecule has 1 heterocycles. The van der Waals surface area contributed by atoms with E-state index in [9.17, 15) is 10.1 Å². The van der Waals surface area contributed by atoms with E-state index < -0.39 is 5.56 Å². The van der Waals surface area contributed by atoms with Crippen molar-refractivity contribution in [1.82, 2.24) is 9.97 Å². The van der Waals surface area contributed by atoms with Crippen LogP contribution in [0, 0.1) is 11.3 Å². The Bertz CT molecular complexity index is 763. The first kappa shape index (κ1) is 16.3. The van der Waals surface area contributed by atoms with Gasteiger partial charge in [-0.3, -0.25) is 4.79 Å². The molecule has 1 aromatic carbocycles. The van der Waals surface area contributed by atoms with E-state index in [1.165, 1.54) is 11.8 Å². The van der Waals surface area contributed by atoms with E-state index in [0.717, 1.165) is 11.1 Å². The molecule has 0 fully saturated rings. The summed E-state index contributed by atoms with van der Waals surface area (Å²) in [6, 6.07) is 9.49. The molecule has 0 aliphatic heterocycles. The second-order valence-electron chi connectivity index (χ2n) is 4.97. The third kappa shape index (κ3) is 3.75. The van der Waals surface area contributed by atoms with Crippen LogP contribution < -0.4 is 5.56 Å². The molecule has 0 aliphatic rings. The van der Waals surface area contributed by atoms with Crippen molar-refractivity contribution in [2.75, 3.05) is 6.26 Å². The number of rotatable bonds is 5. The lowest BCUT2D eigenvalue weighted by molar-refractivity contribution is 0.0657. The number of nitrogens with zero attached hydrogens (tertiary/aromatic N) is 2. The van der Waals surface area contributed by atoms with Crippen LogP contribution in [0.4, 0.5) is 0 Å². The number of hydrogen-bond acceptors (Lipinski definition) is 5.